The van der Waals surface area contributed by atoms with Crippen LogP contribution in [0.15, 0.2) is 53.1 Å². The van der Waals surface area contributed by atoms with Crippen LogP contribution < -0.4 is 30.5 Å². The van der Waals surface area contributed by atoms with E-state index in [0.717, 1.165) is 0 Å². The fourth-order valence-corrected chi connectivity index (χ4v) is 4.26. The minimum Gasteiger partial charge on any atom is -0.539 e. The smallest absolute Gasteiger partial charge is 0.256 e. The van der Waals surface area contributed by atoms with E-state index in [4.69, 9.17) is 27.2 Å². The number of carbonyl (C=O) groups is 3. The molecule has 1 aromatic heterocycles. The Morgan fingerprint density at radius 2 is 1.89 bits per heavy atom. The fourth-order valence-electron chi connectivity index (χ4n) is 3.88. The predicted molar refractivity (Wildman–Crippen MR) is 132 cm³/mol. The number of anilines is 2. The summed E-state index contributed by atoms with van der Waals surface area (Å²) in [6.07, 6.45) is -0.257. The molecule has 0 spiro atoms. The number of amides is 3. The van der Waals surface area contributed by atoms with Crippen LogP contribution in [0.3, 0.4) is 0 Å². The Hall–Kier alpha value is -4.52. The molecule has 3 aromatic rings. The Labute approximate surface area is 217 Å². The number of nitrogens with zero attached hydrogens (tertiary/aromatic N) is 4. The molecule has 0 bridgehead atoms. The summed E-state index contributed by atoms with van der Waals surface area (Å²) in [5.74, 6) is -1.53. The summed E-state index contributed by atoms with van der Waals surface area (Å²) >= 11 is 5.63. The van der Waals surface area contributed by atoms with Crippen molar-refractivity contribution in [3.63, 3.8) is 0 Å². The van der Waals surface area contributed by atoms with Crippen molar-refractivity contribution in [2.24, 2.45) is 12.8 Å². The van der Waals surface area contributed by atoms with Crippen LogP contribution in [0.4, 0.5) is 11.4 Å². The van der Waals surface area contributed by atoms with Crippen molar-refractivity contribution in [3.05, 3.63) is 59.8 Å². The van der Waals surface area contributed by atoms with Gasteiger partial charge >= 0.3 is 0 Å². The maximum atomic E-state index is 13.6. The molecule has 1 fully saturated rings. The second-order valence-corrected chi connectivity index (χ2v) is 8.52. The lowest BCUT2D eigenvalue weighted by Gasteiger charge is -2.22. The lowest BCUT2D eigenvalue weighted by molar-refractivity contribution is -0.746. The van der Waals surface area contributed by atoms with E-state index in [2.05, 4.69) is 10.6 Å². The standard InChI is InChI=1S/C24H24N6O6S/c1-3-35-17-10-8-16(9-11-17)30-22(33)18(29(24(30)37)13-19-23(34)36-27-28(19)2)12-20(31)26-15-6-4-14(5-7-15)21(25)32/h4-11,18H,3,12-13H2,1-2H3,(H3-,25,26,27,31,32,34). The van der Waals surface area contributed by atoms with E-state index in [0.29, 0.717) is 29.3 Å². The van der Waals surface area contributed by atoms with Crippen LogP contribution in [0.2, 0.25) is 0 Å². The van der Waals surface area contributed by atoms with Crippen LogP contribution in [-0.4, -0.2) is 45.7 Å². The van der Waals surface area contributed by atoms with E-state index >= 15 is 0 Å². The summed E-state index contributed by atoms with van der Waals surface area (Å²) in [5.41, 5.74) is 6.62. The van der Waals surface area contributed by atoms with Gasteiger partial charge in [0.1, 0.15) is 18.3 Å². The highest BCUT2D eigenvalue weighted by Gasteiger charge is 2.45. The number of ether oxygens (including phenoxy) is 1. The van der Waals surface area contributed by atoms with Crippen molar-refractivity contribution in [3.8, 4) is 11.7 Å². The summed E-state index contributed by atoms with van der Waals surface area (Å²) in [5, 5.41) is 18.6. The van der Waals surface area contributed by atoms with Gasteiger partial charge in [0.25, 0.3) is 11.6 Å². The molecule has 3 N–H and O–H groups in total. The van der Waals surface area contributed by atoms with Gasteiger partial charge in [0.15, 0.2) is 18.1 Å². The topological polar surface area (TPSA) is 158 Å². The van der Waals surface area contributed by atoms with Crippen LogP contribution in [0.5, 0.6) is 11.7 Å². The van der Waals surface area contributed by atoms with Gasteiger partial charge in [-0.05, 0) is 67.7 Å². The molecular weight excluding hydrogens is 500 g/mol. The molecule has 4 rings (SSSR count). The molecule has 13 heteroatoms. The van der Waals surface area contributed by atoms with Gasteiger partial charge in [-0.25, -0.2) is 0 Å². The van der Waals surface area contributed by atoms with E-state index in [1.807, 2.05) is 6.92 Å². The van der Waals surface area contributed by atoms with Crippen molar-refractivity contribution >= 4 is 46.4 Å². The predicted octanol–water partition coefficient (Wildman–Crippen LogP) is 0.601. The fraction of sp³-hybridized carbons (Fsp3) is 0.250. The number of aryl methyl sites for hydroxylation is 1. The van der Waals surface area contributed by atoms with Crippen molar-refractivity contribution in [1.29, 1.82) is 0 Å². The lowest BCUT2D eigenvalue weighted by atomic mass is 10.1. The number of nitrogens with one attached hydrogen (secondary N) is 1. The summed E-state index contributed by atoms with van der Waals surface area (Å²) in [7, 11) is 1.53. The third kappa shape index (κ3) is 5.35. The second-order valence-electron chi connectivity index (χ2n) is 8.15. The molecule has 1 unspecified atom stereocenters. The van der Waals surface area contributed by atoms with Crippen LogP contribution in [0.25, 0.3) is 0 Å². The molecule has 0 aliphatic carbocycles. The van der Waals surface area contributed by atoms with Crippen LogP contribution in [0.1, 0.15) is 29.4 Å². The molecule has 0 saturated carbocycles. The van der Waals surface area contributed by atoms with Crippen molar-refractivity contribution in [1.82, 2.24) is 10.2 Å². The van der Waals surface area contributed by atoms with Crippen molar-refractivity contribution in [2.45, 2.75) is 25.9 Å². The monoisotopic (exact) mass is 524 g/mol. The number of nitrogens with two attached hydrogens (primary N) is 1. The normalized spacial score (nSPS) is 15.2. The molecule has 192 valence electrons. The van der Waals surface area contributed by atoms with Crippen LogP contribution in [-0.2, 0) is 23.2 Å². The molecule has 2 heterocycles. The van der Waals surface area contributed by atoms with E-state index in [1.165, 1.54) is 45.8 Å². The molecule has 1 aliphatic heterocycles. The van der Waals surface area contributed by atoms with Gasteiger partial charge in [-0.1, -0.05) is 4.68 Å². The molecule has 37 heavy (non-hydrogen) atoms. The van der Waals surface area contributed by atoms with Gasteiger partial charge < -0.3 is 30.3 Å². The first kappa shape index (κ1) is 25.6. The summed E-state index contributed by atoms with van der Waals surface area (Å²) in [4.78, 5) is 40.6. The van der Waals surface area contributed by atoms with Crippen molar-refractivity contribution in [2.75, 3.05) is 16.8 Å². The number of hydrogen-bond acceptors (Lipinski definition) is 8. The summed E-state index contributed by atoms with van der Waals surface area (Å²) < 4.78 is 11.4. The zero-order valence-electron chi connectivity index (χ0n) is 20.0. The maximum absolute atomic E-state index is 13.6. The Balaban J connectivity index is 1.59. The van der Waals surface area contributed by atoms with Crippen molar-refractivity contribution < 1.29 is 33.4 Å². The van der Waals surface area contributed by atoms with Crippen LogP contribution >= 0.6 is 12.2 Å². The van der Waals surface area contributed by atoms with E-state index in [9.17, 15) is 19.5 Å². The Morgan fingerprint density at radius 1 is 1.22 bits per heavy atom. The molecule has 0 radical (unpaired) electrons. The number of rotatable bonds is 9. The largest absolute Gasteiger partial charge is 0.539 e. The number of hydrogen-bond donors (Lipinski definition) is 2. The quantitative estimate of drug-likeness (QED) is 0.302. The number of aromatic nitrogens is 2. The SMILES string of the molecule is CCOc1ccc(N2C(=O)C(CC(=O)Nc3ccc(C(N)=O)cc3)N(Cc3c([O-])on[n+]3C)C2=S)cc1. The average Bonchev–Trinajstić information content (AvgIpc) is 3.30. The number of thiocarbonyl (C=S) groups is 1. The van der Waals surface area contributed by atoms with Gasteiger partial charge in [0, 0.05) is 11.3 Å². The maximum Gasteiger partial charge on any atom is 0.256 e. The van der Waals surface area contributed by atoms with Gasteiger partial charge in [0.2, 0.25) is 11.8 Å². The number of primary amides is 1. The minimum atomic E-state index is -1.00. The molecule has 3 amide bonds. The molecule has 1 saturated heterocycles. The molecule has 1 atom stereocenters. The average molecular weight is 525 g/mol. The first-order valence-corrected chi connectivity index (χ1v) is 11.7. The number of benzene rings is 2. The lowest BCUT2D eigenvalue weighted by Crippen LogP contribution is -2.42. The molecule has 12 nitrogen and oxygen atoms in total. The first-order chi connectivity index (χ1) is 17.7. The number of carbonyl (C=O) groups excluding carboxylic acids is 3. The second kappa shape index (κ2) is 10.6. The third-order valence-electron chi connectivity index (χ3n) is 5.75. The van der Waals surface area contributed by atoms with E-state index in [-0.39, 0.29) is 23.8 Å². The third-order valence-corrected chi connectivity index (χ3v) is 6.17. The first-order valence-electron chi connectivity index (χ1n) is 11.3. The Morgan fingerprint density at radius 3 is 2.46 bits per heavy atom. The van der Waals surface area contributed by atoms with Gasteiger partial charge in [-0.15, -0.1) is 0 Å². The molecule has 1 aliphatic rings. The summed E-state index contributed by atoms with van der Waals surface area (Å²) in [6, 6.07) is 11.8. The summed E-state index contributed by atoms with van der Waals surface area (Å²) in [6.45, 7) is 2.26. The minimum absolute atomic E-state index is 0.0950. The van der Waals surface area contributed by atoms with E-state index < -0.39 is 29.7 Å². The van der Waals surface area contributed by atoms with Gasteiger partial charge in [-0.3, -0.25) is 19.3 Å². The zero-order chi connectivity index (χ0) is 26.7. The van der Waals surface area contributed by atoms with Gasteiger partial charge in [0.05, 0.1) is 24.0 Å². The zero-order valence-corrected chi connectivity index (χ0v) is 20.9. The highest BCUT2D eigenvalue weighted by Crippen LogP contribution is 2.30. The van der Waals surface area contributed by atoms with Gasteiger partial charge in [-0.2, -0.15) is 0 Å². The highest BCUT2D eigenvalue weighted by molar-refractivity contribution is 7.80. The van der Waals surface area contributed by atoms with E-state index in [1.54, 1.807) is 24.3 Å². The Bertz CT molecular complexity index is 1320. The molecular formula is C24H24N6O6S. The molecule has 2 aromatic carbocycles. The van der Waals surface area contributed by atoms with Crippen LogP contribution in [0, 0.1) is 0 Å². The Kier molecular flexibility index (Phi) is 7.34. The highest BCUT2D eigenvalue weighted by atomic mass is 32.1.